The predicted octanol–water partition coefficient (Wildman–Crippen LogP) is 1.97. The minimum absolute atomic E-state index is 0. The third kappa shape index (κ3) is 5.23. The molecule has 7 heteroatoms. The molecule has 0 heterocycles. The van der Waals surface area contributed by atoms with Crippen LogP contribution < -0.4 is 16.4 Å². The van der Waals surface area contributed by atoms with Crippen molar-refractivity contribution in [2.24, 2.45) is 11.7 Å². The number of nitrogens with one attached hydrogen (secondary N) is 4. The summed E-state index contributed by atoms with van der Waals surface area (Å²) in [7, 11) is 0. The van der Waals surface area contributed by atoms with Crippen LogP contribution in [-0.4, -0.2) is 18.0 Å². The fraction of sp³-hybridized carbons (Fsp3) is 0.429. The SMILES string of the molecule is Cl.N=C(N)NC(=N)NC1CCCC1Cc1cccc(F)c1. The number of benzene rings is 1. The fourth-order valence-electron chi connectivity index (χ4n) is 2.79. The Morgan fingerprint density at radius 1 is 1.33 bits per heavy atom. The van der Waals surface area contributed by atoms with Crippen LogP contribution in [0.4, 0.5) is 4.39 Å². The first-order valence-corrected chi connectivity index (χ1v) is 6.75. The summed E-state index contributed by atoms with van der Waals surface area (Å²) in [6.07, 6.45) is 3.91. The molecule has 116 valence electrons. The van der Waals surface area contributed by atoms with Gasteiger partial charge < -0.3 is 11.1 Å². The van der Waals surface area contributed by atoms with Gasteiger partial charge >= 0.3 is 0 Å². The molecule has 1 fully saturated rings. The van der Waals surface area contributed by atoms with E-state index in [0.717, 1.165) is 31.2 Å². The van der Waals surface area contributed by atoms with Crippen LogP contribution in [0.5, 0.6) is 0 Å². The highest BCUT2D eigenvalue weighted by Crippen LogP contribution is 2.28. The maximum Gasteiger partial charge on any atom is 0.195 e. The first-order valence-electron chi connectivity index (χ1n) is 6.75. The maximum absolute atomic E-state index is 13.2. The summed E-state index contributed by atoms with van der Waals surface area (Å²) in [6.45, 7) is 0. The summed E-state index contributed by atoms with van der Waals surface area (Å²) in [4.78, 5) is 0. The lowest BCUT2D eigenvalue weighted by Gasteiger charge is -2.22. The Morgan fingerprint density at radius 3 is 2.76 bits per heavy atom. The summed E-state index contributed by atoms with van der Waals surface area (Å²) in [5.41, 5.74) is 6.17. The van der Waals surface area contributed by atoms with Crippen molar-refractivity contribution in [3.8, 4) is 0 Å². The van der Waals surface area contributed by atoms with E-state index < -0.39 is 0 Å². The van der Waals surface area contributed by atoms with Gasteiger partial charge in [-0.05, 0) is 42.9 Å². The zero-order valence-electron chi connectivity index (χ0n) is 11.7. The second kappa shape index (κ2) is 7.83. The zero-order valence-corrected chi connectivity index (χ0v) is 12.5. The van der Waals surface area contributed by atoms with E-state index in [1.54, 1.807) is 12.1 Å². The van der Waals surface area contributed by atoms with Crippen molar-refractivity contribution in [1.82, 2.24) is 10.6 Å². The van der Waals surface area contributed by atoms with Crippen LogP contribution in [0.15, 0.2) is 24.3 Å². The standard InChI is InChI=1S/C14H20FN5.ClH/c15-11-5-1-3-9(8-11)7-10-4-2-6-12(10)19-14(18)20-13(16)17;/h1,3,5,8,10,12H,2,4,6-7H2,(H6,16,17,18,19,20);1H. The molecule has 1 aliphatic rings. The quantitative estimate of drug-likeness (QED) is 0.436. The number of halogens is 2. The molecule has 21 heavy (non-hydrogen) atoms. The Labute approximate surface area is 129 Å². The summed E-state index contributed by atoms with van der Waals surface area (Å²) in [5, 5.41) is 20.3. The summed E-state index contributed by atoms with van der Waals surface area (Å²) >= 11 is 0. The Balaban J connectivity index is 0.00000220. The smallest absolute Gasteiger partial charge is 0.195 e. The first kappa shape index (κ1) is 17.2. The summed E-state index contributed by atoms with van der Waals surface area (Å²) in [6, 6.07) is 6.83. The average Bonchev–Trinajstić information content (AvgIpc) is 2.75. The maximum atomic E-state index is 13.2. The Hall–Kier alpha value is -1.82. The van der Waals surface area contributed by atoms with E-state index in [2.05, 4.69) is 10.6 Å². The number of nitrogens with two attached hydrogens (primary N) is 1. The van der Waals surface area contributed by atoms with Crippen LogP contribution >= 0.6 is 12.4 Å². The molecule has 6 N–H and O–H groups in total. The van der Waals surface area contributed by atoms with Gasteiger partial charge in [0.1, 0.15) is 5.82 Å². The van der Waals surface area contributed by atoms with Crippen LogP contribution in [0.1, 0.15) is 24.8 Å². The summed E-state index contributed by atoms with van der Waals surface area (Å²) in [5.74, 6) is -0.0438. The molecule has 0 bridgehead atoms. The number of hydrogen-bond acceptors (Lipinski definition) is 2. The van der Waals surface area contributed by atoms with E-state index in [1.165, 1.54) is 6.07 Å². The highest BCUT2D eigenvalue weighted by molar-refractivity contribution is 5.94. The molecule has 2 unspecified atom stereocenters. The summed E-state index contributed by atoms with van der Waals surface area (Å²) < 4.78 is 13.2. The highest BCUT2D eigenvalue weighted by atomic mass is 35.5. The van der Waals surface area contributed by atoms with Gasteiger partial charge in [-0.15, -0.1) is 12.4 Å². The van der Waals surface area contributed by atoms with Crippen LogP contribution in [0.25, 0.3) is 0 Å². The lowest BCUT2D eigenvalue weighted by Crippen LogP contribution is -2.48. The van der Waals surface area contributed by atoms with E-state index in [1.807, 2.05) is 6.07 Å². The molecule has 0 aromatic heterocycles. The molecule has 2 atom stereocenters. The van der Waals surface area contributed by atoms with Crippen LogP contribution in [0, 0.1) is 22.6 Å². The van der Waals surface area contributed by atoms with Crippen molar-refractivity contribution in [1.29, 1.82) is 10.8 Å². The molecule has 0 aliphatic heterocycles. The van der Waals surface area contributed by atoms with Gasteiger partial charge in [-0.25, -0.2) is 4.39 Å². The molecule has 1 saturated carbocycles. The van der Waals surface area contributed by atoms with Crippen molar-refractivity contribution < 1.29 is 4.39 Å². The van der Waals surface area contributed by atoms with Gasteiger partial charge in [0.25, 0.3) is 0 Å². The average molecular weight is 314 g/mol. The van der Waals surface area contributed by atoms with Gasteiger partial charge in [-0.1, -0.05) is 18.6 Å². The van der Waals surface area contributed by atoms with Gasteiger partial charge in [0.2, 0.25) is 0 Å². The van der Waals surface area contributed by atoms with E-state index in [0.29, 0.717) is 5.92 Å². The first-order chi connectivity index (χ1) is 9.54. The lowest BCUT2D eigenvalue weighted by molar-refractivity contribution is 0.442. The molecular weight excluding hydrogens is 293 g/mol. The molecule has 1 aromatic carbocycles. The third-order valence-electron chi connectivity index (χ3n) is 3.64. The second-order valence-electron chi connectivity index (χ2n) is 5.19. The number of guanidine groups is 2. The Bertz CT molecular complexity index is 508. The van der Waals surface area contributed by atoms with E-state index in [4.69, 9.17) is 16.6 Å². The van der Waals surface area contributed by atoms with Crippen molar-refractivity contribution in [2.45, 2.75) is 31.7 Å². The largest absolute Gasteiger partial charge is 0.370 e. The van der Waals surface area contributed by atoms with E-state index in [9.17, 15) is 4.39 Å². The lowest BCUT2D eigenvalue weighted by atomic mass is 9.94. The van der Waals surface area contributed by atoms with Gasteiger partial charge in [0, 0.05) is 6.04 Å². The number of hydrogen-bond donors (Lipinski definition) is 5. The zero-order chi connectivity index (χ0) is 14.5. The van der Waals surface area contributed by atoms with Crippen molar-refractivity contribution in [3.05, 3.63) is 35.6 Å². The van der Waals surface area contributed by atoms with Gasteiger partial charge in [-0.2, -0.15) is 0 Å². The molecule has 2 rings (SSSR count). The van der Waals surface area contributed by atoms with Crippen molar-refractivity contribution in [2.75, 3.05) is 0 Å². The molecule has 1 aromatic rings. The Kier molecular flexibility index (Phi) is 6.42. The van der Waals surface area contributed by atoms with Crippen LogP contribution in [-0.2, 0) is 6.42 Å². The second-order valence-corrected chi connectivity index (χ2v) is 5.19. The molecule has 0 amide bonds. The predicted molar refractivity (Wildman–Crippen MR) is 84.4 cm³/mol. The monoisotopic (exact) mass is 313 g/mol. The third-order valence-corrected chi connectivity index (χ3v) is 3.64. The van der Waals surface area contributed by atoms with Crippen molar-refractivity contribution in [3.63, 3.8) is 0 Å². The fourth-order valence-corrected chi connectivity index (χ4v) is 2.79. The molecule has 0 spiro atoms. The normalized spacial score (nSPS) is 20.4. The molecule has 5 nitrogen and oxygen atoms in total. The molecule has 0 radical (unpaired) electrons. The van der Waals surface area contributed by atoms with E-state index in [-0.39, 0.29) is 36.2 Å². The molecule has 0 saturated heterocycles. The van der Waals surface area contributed by atoms with Crippen LogP contribution in [0.2, 0.25) is 0 Å². The van der Waals surface area contributed by atoms with Gasteiger partial charge in [0.15, 0.2) is 11.9 Å². The Morgan fingerprint density at radius 2 is 2.10 bits per heavy atom. The highest BCUT2D eigenvalue weighted by Gasteiger charge is 2.28. The minimum atomic E-state index is -0.248. The topological polar surface area (TPSA) is 97.8 Å². The van der Waals surface area contributed by atoms with Gasteiger partial charge in [-0.3, -0.25) is 16.1 Å². The minimum Gasteiger partial charge on any atom is -0.370 e. The van der Waals surface area contributed by atoms with Crippen LogP contribution in [0.3, 0.4) is 0 Å². The van der Waals surface area contributed by atoms with Crippen molar-refractivity contribution >= 4 is 24.3 Å². The van der Waals surface area contributed by atoms with Gasteiger partial charge in [0.05, 0.1) is 0 Å². The molecular formula is C14H21ClFN5. The number of rotatable bonds is 3. The van der Waals surface area contributed by atoms with E-state index >= 15 is 0 Å². The molecule has 1 aliphatic carbocycles.